The minimum absolute atomic E-state index is 0.381. The molecule has 0 radical (unpaired) electrons. The molecular weight excluding hydrogens is 460 g/mol. The highest BCUT2D eigenvalue weighted by Gasteiger charge is 2.17. The molecule has 0 saturated heterocycles. The topological polar surface area (TPSA) is 69.7 Å². The molecule has 6 heteroatoms. The molecule has 0 aliphatic heterocycles. The number of carbonyl (C=O) groups excluding carboxylic acids is 1. The van der Waals surface area contributed by atoms with E-state index in [1.165, 1.54) is 6.07 Å². The van der Waals surface area contributed by atoms with Gasteiger partial charge in [-0.3, -0.25) is 0 Å². The SMILES string of the molecule is Cc1cc2oc(=O)cc(-c3cc4ccccc4o3)c2cc1OC(=O)c1ccc(Br)cc1. The van der Waals surface area contributed by atoms with Gasteiger partial charge in [0.1, 0.15) is 22.7 Å². The molecule has 5 rings (SSSR count). The molecule has 0 N–H and O–H groups in total. The van der Waals surface area contributed by atoms with Crippen LogP contribution < -0.4 is 10.4 Å². The number of hydrogen-bond donors (Lipinski definition) is 0. The van der Waals surface area contributed by atoms with Gasteiger partial charge in [0.15, 0.2) is 0 Å². The third kappa shape index (κ3) is 3.66. The summed E-state index contributed by atoms with van der Waals surface area (Å²) < 4.78 is 17.9. The molecule has 0 aliphatic carbocycles. The number of esters is 1. The quantitative estimate of drug-likeness (QED) is 0.169. The summed E-state index contributed by atoms with van der Waals surface area (Å²) in [4.78, 5) is 24.8. The number of halogens is 1. The lowest BCUT2D eigenvalue weighted by Gasteiger charge is -2.10. The van der Waals surface area contributed by atoms with E-state index in [-0.39, 0.29) is 0 Å². The van der Waals surface area contributed by atoms with Crippen LogP contribution in [0.15, 0.2) is 90.9 Å². The summed E-state index contributed by atoms with van der Waals surface area (Å²) >= 11 is 3.35. The van der Waals surface area contributed by atoms with E-state index >= 15 is 0 Å². The second-order valence-corrected chi connectivity index (χ2v) is 8.05. The van der Waals surface area contributed by atoms with Gasteiger partial charge in [-0.2, -0.15) is 0 Å². The molecule has 2 aromatic heterocycles. The van der Waals surface area contributed by atoms with E-state index < -0.39 is 11.6 Å². The smallest absolute Gasteiger partial charge is 0.343 e. The first-order chi connectivity index (χ1) is 15.0. The van der Waals surface area contributed by atoms with Crippen LogP contribution in [0.2, 0.25) is 0 Å². The lowest BCUT2D eigenvalue weighted by Crippen LogP contribution is -2.09. The van der Waals surface area contributed by atoms with Crippen molar-refractivity contribution in [1.29, 1.82) is 0 Å². The second-order valence-electron chi connectivity index (χ2n) is 7.14. The number of furan rings is 1. The van der Waals surface area contributed by atoms with E-state index in [1.54, 1.807) is 43.3 Å². The minimum Gasteiger partial charge on any atom is -0.456 e. The van der Waals surface area contributed by atoms with Crippen molar-refractivity contribution in [2.24, 2.45) is 0 Å². The van der Waals surface area contributed by atoms with Gasteiger partial charge in [-0.15, -0.1) is 0 Å². The highest BCUT2D eigenvalue weighted by atomic mass is 79.9. The molecule has 0 atom stereocenters. The maximum absolute atomic E-state index is 12.6. The molecule has 0 saturated carbocycles. The Labute approximate surface area is 185 Å². The fourth-order valence-corrected chi connectivity index (χ4v) is 3.73. The standard InChI is InChI=1S/C25H15BrO5/c1-14-10-22-18(12-21(14)31-25(28)15-6-8-17(26)9-7-15)19(13-24(27)30-22)23-11-16-4-2-3-5-20(16)29-23/h2-13H,1H3. The number of hydrogen-bond acceptors (Lipinski definition) is 5. The van der Waals surface area contributed by atoms with Crippen molar-refractivity contribution < 1.29 is 18.4 Å². The van der Waals surface area contributed by atoms with Crippen molar-refractivity contribution in [2.45, 2.75) is 6.92 Å². The van der Waals surface area contributed by atoms with Gasteiger partial charge in [0.2, 0.25) is 0 Å². The first-order valence-electron chi connectivity index (χ1n) is 9.53. The molecule has 3 aromatic carbocycles. The van der Waals surface area contributed by atoms with Crippen molar-refractivity contribution in [3.05, 3.63) is 98.8 Å². The third-order valence-electron chi connectivity index (χ3n) is 5.01. The Kier molecular flexibility index (Phi) is 4.71. The van der Waals surface area contributed by atoms with E-state index in [0.29, 0.717) is 44.8 Å². The van der Waals surface area contributed by atoms with E-state index in [9.17, 15) is 9.59 Å². The van der Waals surface area contributed by atoms with Crippen LogP contribution in [-0.2, 0) is 0 Å². The lowest BCUT2D eigenvalue weighted by molar-refractivity contribution is 0.0733. The Morgan fingerprint density at radius 1 is 0.903 bits per heavy atom. The zero-order valence-corrected chi connectivity index (χ0v) is 17.9. The van der Waals surface area contributed by atoms with Gasteiger partial charge in [-0.05, 0) is 61.0 Å². The molecule has 2 heterocycles. The van der Waals surface area contributed by atoms with Crippen LogP contribution >= 0.6 is 15.9 Å². The molecule has 0 aliphatic rings. The summed E-state index contributed by atoms with van der Waals surface area (Å²) in [6, 6.07) is 21.2. The van der Waals surface area contributed by atoms with Crippen molar-refractivity contribution >= 4 is 43.8 Å². The van der Waals surface area contributed by atoms with Crippen LogP contribution in [-0.4, -0.2) is 5.97 Å². The molecule has 152 valence electrons. The normalized spacial score (nSPS) is 11.2. The molecule has 31 heavy (non-hydrogen) atoms. The van der Waals surface area contributed by atoms with Gasteiger partial charge in [0.25, 0.3) is 0 Å². The number of carbonyl (C=O) groups is 1. The summed E-state index contributed by atoms with van der Waals surface area (Å²) in [6.07, 6.45) is 0. The minimum atomic E-state index is -0.484. The van der Waals surface area contributed by atoms with Crippen molar-refractivity contribution in [3.8, 4) is 17.1 Å². The molecule has 0 amide bonds. The van der Waals surface area contributed by atoms with Gasteiger partial charge < -0.3 is 13.6 Å². The van der Waals surface area contributed by atoms with Crippen LogP contribution in [0.3, 0.4) is 0 Å². The molecule has 5 nitrogen and oxygen atoms in total. The first kappa shape index (κ1) is 19.3. The zero-order chi connectivity index (χ0) is 21.5. The van der Waals surface area contributed by atoms with Gasteiger partial charge in [-0.1, -0.05) is 34.1 Å². The molecule has 5 aromatic rings. The van der Waals surface area contributed by atoms with E-state index in [2.05, 4.69) is 15.9 Å². The van der Waals surface area contributed by atoms with Gasteiger partial charge in [0.05, 0.1) is 5.56 Å². The first-order valence-corrected chi connectivity index (χ1v) is 10.3. The summed E-state index contributed by atoms with van der Waals surface area (Å²) in [7, 11) is 0. The van der Waals surface area contributed by atoms with Crippen molar-refractivity contribution in [3.63, 3.8) is 0 Å². The van der Waals surface area contributed by atoms with Crippen LogP contribution in [0.1, 0.15) is 15.9 Å². The molecule has 0 fully saturated rings. The fraction of sp³-hybridized carbons (Fsp3) is 0.0400. The Bertz CT molecular complexity index is 1480. The highest BCUT2D eigenvalue weighted by molar-refractivity contribution is 9.10. The number of para-hydroxylation sites is 1. The van der Waals surface area contributed by atoms with Gasteiger partial charge in [0, 0.05) is 26.9 Å². The Balaban J connectivity index is 1.62. The summed E-state index contributed by atoms with van der Waals surface area (Å²) in [5, 5.41) is 1.54. The average molecular weight is 475 g/mol. The number of aryl methyl sites for hydroxylation is 1. The summed E-state index contributed by atoms with van der Waals surface area (Å²) in [5.74, 6) is 0.442. The van der Waals surface area contributed by atoms with E-state index in [0.717, 1.165) is 9.86 Å². The number of fused-ring (bicyclic) bond motifs is 2. The Morgan fingerprint density at radius 2 is 1.68 bits per heavy atom. The second kappa shape index (κ2) is 7.56. The third-order valence-corrected chi connectivity index (χ3v) is 5.54. The zero-order valence-electron chi connectivity index (χ0n) is 16.3. The van der Waals surface area contributed by atoms with Crippen molar-refractivity contribution in [1.82, 2.24) is 0 Å². The lowest BCUT2D eigenvalue weighted by atomic mass is 10.0. The fourth-order valence-electron chi connectivity index (χ4n) is 3.46. The molecule has 0 bridgehead atoms. The van der Waals surface area contributed by atoms with Crippen LogP contribution in [0.4, 0.5) is 0 Å². The number of ether oxygens (including phenoxy) is 1. The summed E-state index contributed by atoms with van der Waals surface area (Å²) in [5.41, 5.74) is 2.30. The number of benzene rings is 3. The summed E-state index contributed by atoms with van der Waals surface area (Å²) in [6.45, 7) is 1.79. The van der Waals surface area contributed by atoms with Gasteiger partial charge >= 0.3 is 11.6 Å². The van der Waals surface area contributed by atoms with Gasteiger partial charge in [-0.25, -0.2) is 9.59 Å². The largest absolute Gasteiger partial charge is 0.456 e. The van der Waals surface area contributed by atoms with Crippen LogP contribution in [0, 0.1) is 6.92 Å². The predicted molar refractivity (Wildman–Crippen MR) is 122 cm³/mol. The average Bonchev–Trinajstić information content (AvgIpc) is 3.18. The van der Waals surface area contributed by atoms with Crippen LogP contribution in [0.25, 0.3) is 33.3 Å². The molecular formula is C25H15BrO5. The monoisotopic (exact) mass is 474 g/mol. The molecule has 0 spiro atoms. The maximum atomic E-state index is 12.6. The predicted octanol–water partition coefficient (Wildman–Crippen LogP) is 6.50. The highest BCUT2D eigenvalue weighted by Crippen LogP contribution is 2.35. The maximum Gasteiger partial charge on any atom is 0.343 e. The Morgan fingerprint density at radius 3 is 2.45 bits per heavy atom. The Hall–Kier alpha value is -3.64. The van der Waals surface area contributed by atoms with E-state index in [4.69, 9.17) is 13.6 Å². The number of rotatable bonds is 3. The molecule has 0 unspecified atom stereocenters. The van der Waals surface area contributed by atoms with E-state index in [1.807, 2.05) is 30.3 Å². The van der Waals surface area contributed by atoms with Crippen LogP contribution in [0.5, 0.6) is 5.75 Å². The van der Waals surface area contributed by atoms with Crippen molar-refractivity contribution in [2.75, 3.05) is 0 Å².